The average molecular weight is 444 g/mol. The summed E-state index contributed by atoms with van der Waals surface area (Å²) in [7, 11) is 0. The van der Waals surface area contributed by atoms with Crippen LogP contribution in [0.3, 0.4) is 0 Å². The van der Waals surface area contributed by atoms with Crippen molar-refractivity contribution in [1.82, 2.24) is 5.32 Å². The lowest BCUT2D eigenvalue weighted by Gasteiger charge is -2.15. The predicted molar refractivity (Wildman–Crippen MR) is 124 cm³/mol. The maximum Gasteiger partial charge on any atom is 0.411 e. The first kappa shape index (κ1) is 22.1. The number of carbonyl (C=O) groups is 3. The minimum absolute atomic E-state index is 0.0356. The monoisotopic (exact) mass is 444 g/mol. The minimum atomic E-state index is -1.12. The summed E-state index contributed by atoms with van der Waals surface area (Å²) in [4.78, 5) is 35.6. The van der Waals surface area contributed by atoms with Crippen molar-refractivity contribution in [2.24, 2.45) is 0 Å². The zero-order valence-corrected chi connectivity index (χ0v) is 18.3. The van der Waals surface area contributed by atoms with E-state index in [-0.39, 0.29) is 12.5 Å². The van der Waals surface area contributed by atoms with E-state index in [0.29, 0.717) is 16.8 Å². The number of benzene rings is 3. The highest BCUT2D eigenvalue weighted by Crippen LogP contribution is 2.44. The third-order valence-electron chi connectivity index (χ3n) is 5.79. The van der Waals surface area contributed by atoms with Gasteiger partial charge in [0.05, 0.1) is 0 Å². The van der Waals surface area contributed by atoms with Crippen molar-refractivity contribution in [2.45, 2.75) is 25.8 Å². The van der Waals surface area contributed by atoms with Crippen LogP contribution >= 0.6 is 0 Å². The molecule has 3 N–H and O–H groups in total. The first-order valence-corrected chi connectivity index (χ1v) is 10.6. The van der Waals surface area contributed by atoms with Crippen LogP contribution in [0.5, 0.6) is 0 Å². The fourth-order valence-electron chi connectivity index (χ4n) is 4.03. The Labute approximate surface area is 191 Å². The zero-order valence-electron chi connectivity index (χ0n) is 18.3. The van der Waals surface area contributed by atoms with Gasteiger partial charge in [-0.1, -0.05) is 48.5 Å². The highest BCUT2D eigenvalue weighted by molar-refractivity contribution is 5.97. The van der Waals surface area contributed by atoms with E-state index in [9.17, 15) is 14.4 Å². The Kier molecular flexibility index (Phi) is 6.13. The first-order valence-electron chi connectivity index (χ1n) is 10.6. The van der Waals surface area contributed by atoms with Crippen molar-refractivity contribution in [3.05, 3.63) is 89.0 Å². The van der Waals surface area contributed by atoms with Gasteiger partial charge in [0.15, 0.2) is 0 Å². The third-order valence-corrected chi connectivity index (χ3v) is 5.79. The van der Waals surface area contributed by atoms with Crippen LogP contribution in [0.1, 0.15) is 39.9 Å². The first-order chi connectivity index (χ1) is 15.8. The highest BCUT2D eigenvalue weighted by atomic mass is 16.5. The van der Waals surface area contributed by atoms with Gasteiger partial charge in [-0.2, -0.15) is 0 Å². The van der Waals surface area contributed by atoms with Crippen molar-refractivity contribution in [3.63, 3.8) is 0 Å². The molecule has 0 unspecified atom stereocenters. The van der Waals surface area contributed by atoms with Crippen molar-refractivity contribution in [3.8, 4) is 11.1 Å². The summed E-state index contributed by atoms with van der Waals surface area (Å²) in [6, 6.07) is 19.9. The van der Waals surface area contributed by atoms with Gasteiger partial charge < -0.3 is 15.2 Å². The Morgan fingerprint density at radius 2 is 1.58 bits per heavy atom. The molecule has 0 spiro atoms. The maximum atomic E-state index is 12.5. The molecule has 0 saturated heterocycles. The van der Waals surface area contributed by atoms with Crippen molar-refractivity contribution in [2.75, 3.05) is 11.9 Å². The van der Waals surface area contributed by atoms with E-state index in [1.165, 1.54) is 13.0 Å². The van der Waals surface area contributed by atoms with Crippen LogP contribution in [0.4, 0.5) is 10.5 Å². The molecule has 3 aromatic carbocycles. The topological polar surface area (TPSA) is 105 Å². The Morgan fingerprint density at radius 3 is 2.15 bits per heavy atom. The zero-order chi connectivity index (χ0) is 23.5. The van der Waals surface area contributed by atoms with Gasteiger partial charge in [-0.05, 0) is 59.9 Å². The number of fused-ring (bicyclic) bond motifs is 3. The number of ether oxygens (including phenoxy) is 1. The van der Waals surface area contributed by atoms with Gasteiger partial charge in [0.1, 0.15) is 12.6 Å². The molecule has 4 rings (SSSR count). The van der Waals surface area contributed by atoms with E-state index >= 15 is 0 Å². The second-order valence-corrected chi connectivity index (χ2v) is 8.01. The standard InChI is InChI=1S/C26H24N2O5/c1-15-13-17(24(29)27-16(2)25(30)31)11-12-23(15)28-26(32)33-14-22-20-9-5-3-7-18(20)19-8-4-6-10-21(19)22/h3-13,16,22H,14H2,1-2H3,(H,27,29)(H,28,32)(H,30,31)/t16-/m1/s1. The van der Waals surface area contributed by atoms with E-state index in [4.69, 9.17) is 9.84 Å². The summed E-state index contributed by atoms with van der Waals surface area (Å²) in [5.74, 6) is -1.65. The molecular weight excluding hydrogens is 420 g/mol. The number of nitrogens with one attached hydrogen (secondary N) is 2. The van der Waals surface area contributed by atoms with Gasteiger partial charge in [-0.3, -0.25) is 14.9 Å². The van der Waals surface area contributed by atoms with Gasteiger partial charge in [0.2, 0.25) is 0 Å². The quantitative estimate of drug-likeness (QED) is 0.517. The summed E-state index contributed by atoms with van der Waals surface area (Å²) < 4.78 is 5.56. The van der Waals surface area contributed by atoms with Crippen LogP contribution in [0.25, 0.3) is 11.1 Å². The molecule has 0 aliphatic heterocycles. The second kappa shape index (κ2) is 9.16. The second-order valence-electron chi connectivity index (χ2n) is 8.01. The summed E-state index contributed by atoms with van der Waals surface area (Å²) in [6.07, 6.45) is -0.586. The molecule has 2 amide bonds. The lowest BCUT2D eigenvalue weighted by atomic mass is 9.98. The van der Waals surface area contributed by atoms with Crippen LogP contribution in [0.15, 0.2) is 66.7 Å². The fraction of sp³-hybridized carbons (Fsp3) is 0.192. The number of carboxylic acid groups (broad SMARTS) is 1. The molecule has 1 aliphatic rings. The van der Waals surface area contributed by atoms with E-state index in [2.05, 4.69) is 34.9 Å². The molecule has 0 fully saturated rings. The Morgan fingerprint density at radius 1 is 0.970 bits per heavy atom. The molecule has 1 atom stereocenters. The number of anilines is 1. The van der Waals surface area contributed by atoms with Crippen LogP contribution in [-0.2, 0) is 9.53 Å². The molecule has 33 heavy (non-hydrogen) atoms. The number of aryl methyl sites for hydroxylation is 1. The summed E-state index contributed by atoms with van der Waals surface area (Å²) in [5, 5.41) is 14.1. The average Bonchev–Trinajstić information content (AvgIpc) is 3.12. The smallest absolute Gasteiger partial charge is 0.411 e. The largest absolute Gasteiger partial charge is 0.480 e. The number of hydrogen-bond acceptors (Lipinski definition) is 4. The number of aliphatic carboxylic acids is 1. The number of carbonyl (C=O) groups excluding carboxylic acids is 2. The molecule has 0 radical (unpaired) electrons. The molecule has 0 saturated carbocycles. The van der Waals surface area contributed by atoms with Gasteiger partial charge in [0.25, 0.3) is 5.91 Å². The van der Waals surface area contributed by atoms with Crippen molar-refractivity contribution < 1.29 is 24.2 Å². The molecule has 3 aromatic rings. The summed E-state index contributed by atoms with van der Waals surface area (Å²) in [5.41, 5.74) is 6.04. The van der Waals surface area contributed by atoms with E-state index in [1.54, 1.807) is 19.1 Å². The number of hydrogen-bond donors (Lipinski definition) is 3. The normalized spacial score (nSPS) is 12.9. The van der Waals surface area contributed by atoms with Gasteiger partial charge >= 0.3 is 12.1 Å². The van der Waals surface area contributed by atoms with Crippen LogP contribution in [-0.4, -0.2) is 35.7 Å². The van der Waals surface area contributed by atoms with E-state index in [1.807, 2.05) is 24.3 Å². The van der Waals surface area contributed by atoms with Crippen LogP contribution in [0.2, 0.25) is 0 Å². The number of rotatable bonds is 6. The van der Waals surface area contributed by atoms with E-state index < -0.39 is 24.0 Å². The molecule has 168 valence electrons. The molecule has 0 heterocycles. The predicted octanol–water partition coefficient (Wildman–Crippen LogP) is 4.56. The van der Waals surface area contributed by atoms with Gasteiger partial charge in [0, 0.05) is 17.2 Å². The van der Waals surface area contributed by atoms with Crippen molar-refractivity contribution in [1.29, 1.82) is 0 Å². The number of amides is 2. The lowest BCUT2D eigenvalue weighted by molar-refractivity contribution is -0.138. The van der Waals surface area contributed by atoms with Crippen LogP contribution < -0.4 is 10.6 Å². The molecule has 7 heteroatoms. The Bertz CT molecular complexity index is 1190. The maximum absolute atomic E-state index is 12.5. The fourth-order valence-corrected chi connectivity index (χ4v) is 4.03. The summed E-state index contributed by atoms with van der Waals surface area (Å²) in [6.45, 7) is 3.34. The highest BCUT2D eigenvalue weighted by Gasteiger charge is 2.29. The number of carboxylic acids is 1. The SMILES string of the molecule is Cc1cc(C(=O)N[C@H](C)C(=O)O)ccc1NC(=O)OCC1c2ccccc2-c2ccccc21. The Balaban J connectivity index is 1.41. The molecule has 1 aliphatic carbocycles. The molecule has 7 nitrogen and oxygen atoms in total. The molecule has 0 bridgehead atoms. The van der Waals surface area contributed by atoms with Gasteiger partial charge in [-0.25, -0.2) is 4.79 Å². The van der Waals surface area contributed by atoms with Gasteiger partial charge in [-0.15, -0.1) is 0 Å². The summed E-state index contributed by atoms with van der Waals surface area (Å²) >= 11 is 0. The van der Waals surface area contributed by atoms with Crippen molar-refractivity contribution >= 4 is 23.7 Å². The van der Waals surface area contributed by atoms with Crippen LogP contribution in [0, 0.1) is 6.92 Å². The third kappa shape index (κ3) is 4.57. The van der Waals surface area contributed by atoms with E-state index in [0.717, 1.165) is 22.3 Å². The Hall–Kier alpha value is -4.13. The molecule has 0 aromatic heterocycles. The minimum Gasteiger partial charge on any atom is -0.480 e. The molecular formula is C26H24N2O5. The lowest BCUT2D eigenvalue weighted by Crippen LogP contribution is -2.38.